The number of ether oxygens (including phenoxy) is 1. The van der Waals surface area contributed by atoms with Crippen LogP contribution in [0, 0.1) is 12.7 Å². The van der Waals surface area contributed by atoms with E-state index >= 15 is 0 Å². The van der Waals surface area contributed by atoms with Crippen molar-refractivity contribution in [2.24, 2.45) is 0 Å². The van der Waals surface area contributed by atoms with E-state index in [1.807, 2.05) is 18.3 Å². The largest absolute Gasteiger partial charge is 0.453 e. The van der Waals surface area contributed by atoms with Gasteiger partial charge in [-0.1, -0.05) is 5.16 Å². The standard InChI is InChI=1S/C26H27FN8O4/c1-15-20(27)9-16(23-31-25(39-32-23)17-12-34(13-17)26(37)38-2)10-21(15)30-24(36)19-11-29-35-14-18(3-4-22(19)35)33-7-5-28-6-8-33/h3-4,9-11,14,17,28H,5-8,12-13H2,1-2H3,(H,30,36). The summed E-state index contributed by atoms with van der Waals surface area (Å²) in [5.41, 5.74) is 2.97. The number of anilines is 2. The average Bonchev–Trinajstić information content (AvgIpc) is 3.58. The van der Waals surface area contributed by atoms with Crippen molar-refractivity contribution in [3.8, 4) is 11.4 Å². The maximum Gasteiger partial charge on any atom is 0.409 e. The number of hydrogen-bond donors (Lipinski definition) is 2. The summed E-state index contributed by atoms with van der Waals surface area (Å²) in [5.74, 6) is -0.515. The number of amides is 2. The number of halogens is 1. The number of nitrogens with zero attached hydrogens (tertiary/aromatic N) is 6. The normalized spacial score (nSPS) is 15.9. The molecule has 13 heteroatoms. The predicted molar refractivity (Wildman–Crippen MR) is 139 cm³/mol. The van der Waals surface area contributed by atoms with Crippen LogP contribution in [0.4, 0.5) is 20.6 Å². The number of carbonyl (C=O) groups excluding carboxylic acids is 2. The minimum Gasteiger partial charge on any atom is -0.453 e. The van der Waals surface area contributed by atoms with Gasteiger partial charge in [-0.05, 0) is 31.2 Å². The molecule has 0 spiro atoms. The smallest absolute Gasteiger partial charge is 0.409 e. The molecular weight excluding hydrogens is 507 g/mol. The lowest BCUT2D eigenvalue weighted by atomic mass is 10.0. The van der Waals surface area contributed by atoms with Crippen molar-refractivity contribution in [3.05, 3.63) is 59.5 Å². The fourth-order valence-electron chi connectivity index (χ4n) is 4.82. The van der Waals surface area contributed by atoms with Crippen LogP contribution in [-0.2, 0) is 4.74 Å². The van der Waals surface area contributed by atoms with Crippen LogP contribution in [0.15, 0.2) is 41.2 Å². The first kappa shape index (κ1) is 24.8. The lowest BCUT2D eigenvalue weighted by molar-refractivity contribution is 0.0804. The van der Waals surface area contributed by atoms with Crippen LogP contribution < -0.4 is 15.5 Å². The van der Waals surface area contributed by atoms with E-state index in [1.165, 1.54) is 24.3 Å². The van der Waals surface area contributed by atoms with Gasteiger partial charge < -0.3 is 29.7 Å². The molecule has 6 rings (SSSR count). The molecule has 5 heterocycles. The molecule has 0 bridgehead atoms. The second-order valence-electron chi connectivity index (χ2n) is 9.63. The molecule has 0 saturated carbocycles. The Morgan fingerprint density at radius 3 is 2.77 bits per heavy atom. The van der Waals surface area contributed by atoms with Gasteiger partial charge in [0, 0.05) is 56.1 Å². The van der Waals surface area contributed by atoms with Gasteiger partial charge in [-0.2, -0.15) is 10.1 Å². The third-order valence-electron chi connectivity index (χ3n) is 7.18. The van der Waals surface area contributed by atoms with E-state index in [-0.39, 0.29) is 17.3 Å². The first-order chi connectivity index (χ1) is 18.9. The average molecular weight is 535 g/mol. The van der Waals surface area contributed by atoms with Crippen molar-refractivity contribution in [3.63, 3.8) is 0 Å². The Bertz CT molecular complexity index is 1550. The van der Waals surface area contributed by atoms with Gasteiger partial charge in [0.2, 0.25) is 11.7 Å². The van der Waals surface area contributed by atoms with Crippen molar-refractivity contribution in [1.82, 2.24) is 30.0 Å². The number of rotatable bonds is 5. The maximum atomic E-state index is 14.9. The summed E-state index contributed by atoms with van der Waals surface area (Å²) in [6, 6.07) is 6.76. The molecular formula is C26H27FN8O4. The Morgan fingerprint density at radius 2 is 2.00 bits per heavy atom. The number of methoxy groups -OCH3 is 1. The molecule has 12 nitrogen and oxygen atoms in total. The van der Waals surface area contributed by atoms with Crippen LogP contribution in [-0.4, -0.2) is 83.0 Å². The van der Waals surface area contributed by atoms with Gasteiger partial charge in [0.1, 0.15) is 5.82 Å². The number of piperazine rings is 1. The number of pyridine rings is 1. The van der Waals surface area contributed by atoms with Gasteiger partial charge in [0.05, 0.1) is 42.2 Å². The Kier molecular flexibility index (Phi) is 6.35. The highest BCUT2D eigenvalue weighted by molar-refractivity contribution is 6.09. The van der Waals surface area contributed by atoms with Crippen molar-refractivity contribution >= 4 is 28.9 Å². The van der Waals surface area contributed by atoms with E-state index < -0.39 is 17.8 Å². The van der Waals surface area contributed by atoms with E-state index in [4.69, 9.17) is 9.26 Å². The maximum absolute atomic E-state index is 14.9. The summed E-state index contributed by atoms with van der Waals surface area (Å²) in [7, 11) is 1.32. The van der Waals surface area contributed by atoms with E-state index in [2.05, 4.69) is 30.8 Å². The van der Waals surface area contributed by atoms with Crippen molar-refractivity contribution < 1.29 is 23.2 Å². The first-order valence-electron chi connectivity index (χ1n) is 12.6. The molecule has 0 aliphatic carbocycles. The highest BCUT2D eigenvalue weighted by Crippen LogP contribution is 2.31. The number of aromatic nitrogens is 4. The quantitative estimate of drug-likeness (QED) is 0.397. The molecule has 2 fully saturated rings. The van der Waals surface area contributed by atoms with Gasteiger partial charge in [-0.25, -0.2) is 13.7 Å². The molecule has 2 aliphatic rings. The van der Waals surface area contributed by atoms with Crippen LogP contribution >= 0.6 is 0 Å². The van der Waals surface area contributed by atoms with Crippen LogP contribution in [0.5, 0.6) is 0 Å². The van der Waals surface area contributed by atoms with Crippen LogP contribution in [0.25, 0.3) is 16.9 Å². The van der Waals surface area contributed by atoms with Crippen LogP contribution in [0.2, 0.25) is 0 Å². The van der Waals surface area contributed by atoms with Gasteiger partial charge >= 0.3 is 6.09 Å². The first-order valence-corrected chi connectivity index (χ1v) is 12.6. The third kappa shape index (κ3) is 4.65. The molecule has 2 aliphatic heterocycles. The molecule has 0 atom stereocenters. The van der Waals surface area contributed by atoms with Gasteiger partial charge in [-0.15, -0.1) is 0 Å². The summed E-state index contributed by atoms with van der Waals surface area (Å²) in [5, 5.41) is 14.5. The monoisotopic (exact) mass is 534 g/mol. The summed E-state index contributed by atoms with van der Waals surface area (Å²) in [4.78, 5) is 33.0. The Morgan fingerprint density at radius 1 is 1.21 bits per heavy atom. The number of carbonyl (C=O) groups is 2. The molecule has 2 amide bonds. The van der Waals surface area contributed by atoms with E-state index in [0.717, 1.165) is 31.9 Å². The van der Waals surface area contributed by atoms with Gasteiger partial charge in [0.25, 0.3) is 5.91 Å². The zero-order chi connectivity index (χ0) is 27.1. The zero-order valence-corrected chi connectivity index (χ0v) is 21.5. The van der Waals surface area contributed by atoms with Crippen molar-refractivity contribution in [2.75, 3.05) is 56.6 Å². The summed E-state index contributed by atoms with van der Waals surface area (Å²) in [6.07, 6.45) is 2.99. The number of nitrogens with one attached hydrogen (secondary N) is 2. The summed E-state index contributed by atoms with van der Waals surface area (Å²) in [6.45, 7) is 6.01. The van der Waals surface area contributed by atoms with Gasteiger partial charge in [-0.3, -0.25) is 4.79 Å². The van der Waals surface area contributed by atoms with Crippen LogP contribution in [0.1, 0.15) is 27.7 Å². The fourth-order valence-corrected chi connectivity index (χ4v) is 4.82. The highest BCUT2D eigenvalue weighted by atomic mass is 19.1. The van der Waals surface area contributed by atoms with E-state index in [9.17, 15) is 14.0 Å². The molecule has 202 valence electrons. The lowest BCUT2D eigenvalue weighted by Gasteiger charge is -2.35. The second kappa shape index (κ2) is 9.98. The van der Waals surface area contributed by atoms with Gasteiger partial charge in [0.15, 0.2) is 0 Å². The number of hydrogen-bond acceptors (Lipinski definition) is 9. The molecule has 2 N–H and O–H groups in total. The highest BCUT2D eigenvalue weighted by Gasteiger charge is 2.36. The third-order valence-corrected chi connectivity index (χ3v) is 7.18. The zero-order valence-electron chi connectivity index (χ0n) is 21.5. The summed E-state index contributed by atoms with van der Waals surface area (Å²) >= 11 is 0. The minimum absolute atomic E-state index is 0.123. The van der Waals surface area contributed by atoms with Crippen LogP contribution in [0.3, 0.4) is 0 Å². The number of fused-ring (bicyclic) bond motifs is 1. The summed E-state index contributed by atoms with van der Waals surface area (Å²) < 4.78 is 26.6. The topological polar surface area (TPSA) is 130 Å². The van der Waals surface area contributed by atoms with Crippen molar-refractivity contribution in [1.29, 1.82) is 0 Å². The van der Waals surface area contributed by atoms with E-state index in [1.54, 1.807) is 17.5 Å². The molecule has 0 unspecified atom stereocenters. The Balaban J connectivity index is 1.20. The Hall–Kier alpha value is -4.52. The molecule has 0 radical (unpaired) electrons. The van der Waals surface area contributed by atoms with E-state index in [0.29, 0.717) is 41.3 Å². The Labute approximate surface area is 222 Å². The SMILES string of the molecule is COC(=O)N1CC(c2nc(-c3cc(F)c(C)c(NC(=O)c4cnn5cc(N6CCNCC6)ccc45)c3)no2)C1. The van der Waals surface area contributed by atoms with Crippen molar-refractivity contribution in [2.45, 2.75) is 12.8 Å². The molecule has 4 aromatic rings. The second-order valence-corrected chi connectivity index (χ2v) is 9.63. The molecule has 39 heavy (non-hydrogen) atoms. The molecule has 2 saturated heterocycles. The predicted octanol–water partition coefficient (Wildman–Crippen LogP) is 2.66. The molecule has 1 aromatic carbocycles. The lowest BCUT2D eigenvalue weighted by Crippen LogP contribution is -2.48. The minimum atomic E-state index is -0.518. The fraction of sp³-hybridized carbons (Fsp3) is 0.346. The molecule has 3 aromatic heterocycles. The number of likely N-dealkylation sites (tertiary alicyclic amines) is 1. The number of benzene rings is 1.